The van der Waals surface area contributed by atoms with Gasteiger partial charge < -0.3 is 20.7 Å². The molecule has 1 saturated carbocycles. The molecule has 1 aromatic rings. The molecule has 1 amide bonds. The Bertz CT molecular complexity index is 591. The van der Waals surface area contributed by atoms with Gasteiger partial charge in [-0.1, -0.05) is 12.1 Å². The van der Waals surface area contributed by atoms with Crippen molar-refractivity contribution in [3.63, 3.8) is 0 Å². The molecule has 3 N–H and O–H groups in total. The van der Waals surface area contributed by atoms with Crippen molar-refractivity contribution in [2.24, 2.45) is 10.9 Å². The van der Waals surface area contributed by atoms with Crippen molar-refractivity contribution in [2.75, 3.05) is 39.9 Å². The molecule has 144 valence electrons. The van der Waals surface area contributed by atoms with Crippen molar-refractivity contribution in [2.45, 2.75) is 25.7 Å². The van der Waals surface area contributed by atoms with E-state index in [-0.39, 0.29) is 18.1 Å². The normalized spacial score (nSPS) is 14.2. The summed E-state index contributed by atoms with van der Waals surface area (Å²) in [6, 6.07) is 6.08. The summed E-state index contributed by atoms with van der Waals surface area (Å²) in [7, 11) is 1.71. The average molecular weight is 364 g/mol. The van der Waals surface area contributed by atoms with Crippen molar-refractivity contribution in [3.05, 3.63) is 35.6 Å². The third kappa shape index (κ3) is 8.80. The van der Waals surface area contributed by atoms with Gasteiger partial charge in [0.1, 0.15) is 5.82 Å². The van der Waals surface area contributed by atoms with Crippen molar-refractivity contribution < 1.29 is 13.9 Å². The number of carbonyl (C=O) groups excluding carboxylic acids is 1. The van der Waals surface area contributed by atoms with Crippen LogP contribution in [0.25, 0.3) is 0 Å². The van der Waals surface area contributed by atoms with E-state index in [0.29, 0.717) is 24.6 Å². The maximum atomic E-state index is 13.1. The van der Waals surface area contributed by atoms with Gasteiger partial charge in [0.15, 0.2) is 5.96 Å². The van der Waals surface area contributed by atoms with Crippen LogP contribution in [0.15, 0.2) is 29.3 Å². The number of guanidine groups is 1. The van der Waals surface area contributed by atoms with Crippen LogP contribution in [-0.2, 0) is 16.0 Å². The summed E-state index contributed by atoms with van der Waals surface area (Å²) in [4.78, 5) is 16.0. The Hall–Kier alpha value is -2.15. The summed E-state index contributed by atoms with van der Waals surface area (Å²) >= 11 is 0. The molecule has 1 fully saturated rings. The highest BCUT2D eigenvalue weighted by Crippen LogP contribution is 2.28. The van der Waals surface area contributed by atoms with Crippen LogP contribution in [-0.4, -0.2) is 51.8 Å². The van der Waals surface area contributed by atoms with Gasteiger partial charge in [-0.3, -0.25) is 9.79 Å². The number of hydrogen-bond donors (Lipinski definition) is 3. The molecular formula is C19H29FN4O2. The van der Waals surface area contributed by atoms with Gasteiger partial charge in [0.05, 0.1) is 6.42 Å². The van der Waals surface area contributed by atoms with Crippen LogP contribution in [0.4, 0.5) is 4.39 Å². The highest BCUT2D eigenvalue weighted by molar-refractivity contribution is 5.80. The number of ether oxygens (including phenoxy) is 1. The Morgan fingerprint density at radius 3 is 2.73 bits per heavy atom. The van der Waals surface area contributed by atoms with Gasteiger partial charge >= 0.3 is 0 Å². The van der Waals surface area contributed by atoms with Gasteiger partial charge in [-0.05, 0) is 42.9 Å². The third-order valence-electron chi connectivity index (χ3n) is 4.03. The molecule has 0 radical (unpaired) electrons. The summed E-state index contributed by atoms with van der Waals surface area (Å²) in [5.74, 6) is 1.04. The van der Waals surface area contributed by atoms with Gasteiger partial charge in [-0.25, -0.2) is 4.39 Å². The largest absolute Gasteiger partial charge is 0.381 e. The van der Waals surface area contributed by atoms with E-state index in [4.69, 9.17) is 4.74 Å². The molecule has 1 aliphatic carbocycles. The van der Waals surface area contributed by atoms with E-state index >= 15 is 0 Å². The molecule has 2 rings (SSSR count). The molecule has 0 bridgehead atoms. The number of benzene rings is 1. The molecule has 26 heavy (non-hydrogen) atoms. The van der Waals surface area contributed by atoms with Crippen LogP contribution >= 0.6 is 0 Å². The lowest BCUT2D eigenvalue weighted by molar-refractivity contribution is -0.120. The molecular weight excluding hydrogens is 335 g/mol. The highest BCUT2D eigenvalue weighted by atomic mass is 19.1. The van der Waals surface area contributed by atoms with E-state index in [2.05, 4.69) is 20.9 Å². The first-order valence-corrected chi connectivity index (χ1v) is 9.21. The predicted octanol–water partition coefficient (Wildman–Crippen LogP) is 1.47. The fourth-order valence-electron chi connectivity index (χ4n) is 2.41. The van der Waals surface area contributed by atoms with Crippen molar-refractivity contribution >= 4 is 11.9 Å². The minimum atomic E-state index is -0.329. The molecule has 7 heteroatoms. The number of nitrogens with zero attached hydrogens (tertiary/aromatic N) is 1. The number of hydrogen-bond acceptors (Lipinski definition) is 3. The maximum absolute atomic E-state index is 13.1. The maximum Gasteiger partial charge on any atom is 0.224 e. The number of halogens is 1. The van der Waals surface area contributed by atoms with Crippen molar-refractivity contribution in [1.82, 2.24) is 16.0 Å². The van der Waals surface area contributed by atoms with Crippen molar-refractivity contribution in [1.29, 1.82) is 0 Å². The summed E-state index contributed by atoms with van der Waals surface area (Å²) in [5, 5.41) is 9.16. The van der Waals surface area contributed by atoms with Crippen LogP contribution in [0, 0.1) is 11.7 Å². The lowest BCUT2D eigenvalue weighted by Crippen LogP contribution is -2.42. The number of nitrogens with one attached hydrogen (secondary N) is 3. The molecule has 0 aromatic heterocycles. The Morgan fingerprint density at radius 1 is 1.23 bits per heavy atom. The number of amides is 1. The summed E-state index contributed by atoms with van der Waals surface area (Å²) in [6.07, 6.45) is 3.73. The fraction of sp³-hybridized carbons (Fsp3) is 0.579. The molecule has 6 nitrogen and oxygen atoms in total. The summed E-state index contributed by atoms with van der Waals surface area (Å²) < 4.78 is 18.7. The van der Waals surface area contributed by atoms with Crippen LogP contribution in [0.2, 0.25) is 0 Å². The first-order chi connectivity index (χ1) is 12.7. The summed E-state index contributed by atoms with van der Waals surface area (Å²) in [6.45, 7) is 3.47. The minimum Gasteiger partial charge on any atom is -0.381 e. The van der Waals surface area contributed by atoms with Crippen LogP contribution in [0.5, 0.6) is 0 Å². The SMILES string of the molecule is CN=C(NCCCOCC1CC1)NCCNC(=O)Cc1cccc(F)c1. The van der Waals surface area contributed by atoms with Gasteiger partial charge in [-0.2, -0.15) is 0 Å². The standard InChI is InChI=1S/C19H29FN4O2/c1-21-19(23-8-3-11-26-14-15-6-7-15)24-10-9-22-18(25)13-16-4-2-5-17(20)12-16/h2,4-5,12,15H,3,6-11,13-14H2,1H3,(H,22,25)(H2,21,23,24). The van der Waals surface area contributed by atoms with Crippen LogP contribution < -0.4 is 16.0 Å². The average Bonchev–Trinajstić information content (AvgIpc) is 3.44. The monoisotopic (exact) mass is 364 g/mol. The van der Waals surface area contributed by atoms with Crippen molar-refractivity contribution in [3.8, 4) is 0 Å². The molecule has 0 spiro atoms. The zero-order valence-electron chi connectivity index (χ0n) is 15.4. The minimum absolute atomic E-state index is 0.131. The third-order valence-corrected chi connectivity index (χ3v) is 4.03. The van der Waals surface area contributed by atoms with Gasteiger partial charge in [0.2, 0.25) is 5.91 Å². The molecule has 0 heterocycles. The van der Waals surface area contributed by atoms with E-state index in [1.54, 1.807) is 19.2 Å². The second kappa shape index (κ2) is 11.5. The number of rotatable bonds is 11. The predicted molar refractivity (Wildman–Crippen MR) is 101 cm³/mol. The topological polar surface area (TPSA) is 74.8 Å². The van der Waals surface area contributed by atoms with E-state index in [0.717, 1.165) is 32.1 Å². The number of aliphatic imine (C=N–C) groups is 1. The van der Waals surface area contributed by atoms with Crippen LogP contribution in [0.1, 0.15) is 24.8 Å². The van der Waals surface area contributed by atoms with Crippen LogP contribution in [0.3, 0.4) is 0 Å². The fourth-order valence-corrected chi connectivity index (χ4v) is 2.41. The molecule has 0 aliphatic heterocycles. The van der Waals surface area contributed by atoms with E-state index in [9.17, 15) is 9.18 Å². The second-order valence-corrected chi connectivity index (χ2v) is 6.45. The summed E-state index contributed by atoms with van der Waals surface area (Å²) in [5.41, 5.74) is 0.664. The van der Waals surface area contributed by atoms with Gasteiger partial charge in [0, 0.05) is 39.9 Å². The number of carbonyl (C=O) groups is 1. The van der Waals surface area contributed by atoms with E-state index in [1.165, 1.54) is 25.0 Å². The molecule has 1 aromatic carbocycles. The molecule has 0 atom stereocenters. The zero-order chi connectivity index (χ0) is 18.6. The smallest absolute Gasteiger partial charge is 0.224 e. The highest BCUT2D eigenvalue weighted by Gasteiger charge is 2.20. The molecule has 0 unspecified atom stereocenters. The Balaban J connectivity index is 1.49. The Labute approximate surface area is 154 Å². The zero-order valence-corrected chi connectivity index (χ0v) is 15.4. The molecule has 0 saturated heterocycles. The lowest BCUT2D eigenvalue weighted by atomic mass is 10.1. The van der Waals surface area contributed by atoms with Gasteiger partial charge in [-0.15, -0.1) is 0 Å². The van der Waals surface area contributed by atoms with E-state index in [1.807, 2.05) is 0 Å². The first-order valence-electron chi connectivity index (χ1n) is 9.21. The van der Waals surface area contributed by atoms with E-state index < -0.39 is 0 Å². The quantitative estimate of drug-likeness (QED) is 0.316. The van der Waals surface area contributed by atoms with Gasteiger partial charge in [0.25, 0.3) is 0 Å². The second-order valence-electron chi connectivity index (χ2n) is 6.45. The Kier molecular flexibility index (Phi) is 8.89. The lowest BCUT2D eigenvalue weighted by Gasteiger charge is -2.12. The molecule has 1 aliphatic rings. The Morgan fingerprint density at radius 2 is 2.00 bits per heavy atom. The first kappa shape index (κ1) is 20.2.